The van der Waals surface area contributed by atoms with Crippen LogP contribution in [0.15, 0.2) is 6.07 Å². The zero-order chi connectivity index (χ0) is 16.0. The average Bonchev–Trinajstić information content (AvgIpc) is 2.69. The molecule has 9 heteroatoms. The highest BCUT2D eigenvalue weighted by Gasteiger charge is 2.23. The Morgan fingerprint density at radius 2 is 1.86 bits per heavy atom. The van der Waals surface area contributed by atoms with Gasteiger partial charge in [-0.3, -0.25) is 9.52 Å². The highest BCUT2D eigenvalue weighted by molar-refractivity contribution is 7.93. The second-order valence-corrected chi connectivity index (χ2v) is 6.97. The molecule has 0 fully saturated rings. The van der Waals surface area contributed by atoms with Gasteiger partial charge in [-0.1, -0.05) is 0 Å². The number of rotatable bonds is 7. The van der Waals surface area contributed by atoms with Crippen molar-refractivity contribution in [3.8, 4) is 0 Å². The number of esters is 2. The molecule has 0 unspecified atom stereocenters. The van der Waals surface area contributed by atoms with E-state index in [1.807, 2.05) is 0 Å². The summed E-state index contributed by atoms with van der Waals surface area (Å²) in [5.74, 6) is -2.27. The Kier molecular flexibility index (Phi) is 6.16. The number of carbonyl (C=O) groups is 2. The van der Waals surface area contributed by atoms with Gasteiger partial charge in [0.1, 0.15) is 5.00 Å². The Bertz CT molecular complexity index is 620. The van der Waals surface area contributed by atoms with Gasteiger partial charge in [0, 0.05) is 4.88 Å². The van der Waals surface area contributed by atoms with E-state index in [2.05, 4.69) is 9.46 Å². The highest BCUT2D eigenvalue weighted by atomic mass is 32.2. The molecule has 0 aliphatic carbocycles. The van der Waals surface area contributed by atoms with Gasteiger partial charge in [-0.05, 0) is 26.8 Å². The molecule has 0 bridgehead atoms. The topological polar surface area (TPSA) is 98.8 Å². The van der Waals surface area contributed by atoms with Crippen LogP contribution in [0, 0.1) is 6.92 Å². The number of aryl methyl sites for hydroxylation is 1. The third-order valence-corrected chi connectivity index (χ3v) is 4.44. The van der Waals surface area contributed by atoms with Crippen LogP contribution in [-0.2, 0) is 24.3 Å². The molecule has 0 atom stereocenters. The molecular weight excluding hydrogens is 318 g/mol. The van der Waals surface area contributed by atoms with Crippen molar-refractivity contribution in [3.63, 3.8) is 0 Å². The van der Waals surface area contributed by atoms with E-state index in [-0.39, 0.29) is 23.8 Å². The van der Waals surface area contributed by atoms with Crippen molar-refractivity contribution < 1.29 is 27.5 Å². The van der Waals surface area contributed by atoms with Gasteiger partial charge < -0.3 is 9.47 Å². The molecule has 1 rings (SSSR count). The Balaban J connectivity index is 2.92. The molecule has 7 nitrogen and oxygen atoms in total. The minimum Gasteiger partial charge on any atom is -0.465 e. The fraction of sp³-hybridized carbons (Fsp3) is 0.500. The van der Waals surface area contributed by atoms with Crippen molar-refractivity contribution in [1.82, 2.24) is 0 Å². The van der Waals surface area contributed by atoms with E-state index < -0.39 is 27.7 Å². The number of nitrogens with one attached hydrogen (secondary N) is 1. The van der Waals surface area contributed by atoms with Crippen LogP contribution in [-0.4, -0.2) is 39.3 Å². The molecule has 1 aromatic rings. The number of hydrogen-bond donors (Lipinski definition) is 1. The van der Waals surface area contributed by atoms with E-state index in [9.17, 15) is 18.0 Å². The van der Waals surface area contributed by atoms with Gasteiger partial charge in [-0.15, -0.1) is 11.3 Å². The maximum absolute atomic E-state index is 11.9. The van der Waals surface area contributed by atoms with Gasteiger partial charge >= 0.3 is 11.9 Å². The zero-order valence-corrected chi connectivity index (χ0v) is 13.6. The number of ether oxygens (including phenoxy) is 2. The summed E-state index contributed by atoms with van der Waals surface area (Å²) in [5.41, 5.74) is 0.131. The van der Waals surface area contributed by atoms with Gasteiger partial charge in [0.05, 0.1) is 18.8 Å². The summed E-state index contributed by atoms with van der Waals surface area (Å²) in [6.45, 7) is 5.25. The van der Waals surface area contributed by atoms with Gasteiger partial charge in [0.15, 0.2) is 5.75 Å². The smallest absolute Gasteiger partial charge is 0.341 e. The first kappa shape index (κ1) is 17.4. The fourth-order valence-corrected chi connectivity index (χ4v) is 3.64. The molecule has 0 aliphatic heterocycles. The van der Waals surface area contributed by atoms with Crippen LogP contribution in [0.5, 0.6) is 0 Å². The molecule has 0 amide bonds. The molecule has 1 aromatic heterocycles. The average molecular weight is 335 g/mol. The van der Waals surface area contributed by atoms with Crippen LogP contribution in [0.3, 0.4) is 0 Å². The number of thiophene rings is 1. The molecule has 21 heavy (non-hydrogen) atoms. The molecule has 0 spiro atoms. The van der Waals surface area contributed by atoms with Crippen LogP contribution < -0.4 is 4.72 Å². The number of carbonyl (C=O) groups excluding carboxylic acids is 2. The number of anilines is 1. The van der Waals surface area contributed by atoms with E-state index in [4.69, 9.17) is 4.74 Å². The summed E-state index contributed by atoms with van der Waals surface area (Å²) in [6, 6.07) is 1.53. The van der Waals surface area contributed by atoms with E-state index in [1.54, 1.807) is 20.8 Å². The summed E-state index contributed by atoms with van der Waals surface area (Å²) in [4.78, 5) is 23.7. The molecular formula is C12H17NO6S2. The first-order chi connectivity index (χ1) is 9.79. The lowest BCUT2D eigenvalue weighted by Crippen LogP contribution is -2.24. The fourth-order valence-electron chi connectivity index (χ4n) is 1.49. The quantitative estimate of drug-likeness (QED) is 0.759. The van der Waals surface area contributed by atoms with Gasteiger partial charge in [0.2, 0.25) is 10.0 Å². The Morgan fingerprint density at radius 3 is 2.43 bits per heavy atom. The van der Waals surface area contributed by atoms with E-state index in [0.29, 0.717) is 0 Å². The molecule has 0 saturated heterocycles. The summed E-state index contributed by atoms with van der Waals surface area (Å²) in [5, 5.41) is 0.134. The van der Waals surface area contributed by atoms with Crippen molar-refractivity contribution in [2.24, 2.45) is 0 Å². The molecule has 0 saturated carbocycles. The van der Waals surface area contributed by atoms with Crippen molar-refractivity contribution in [2.75, 3.05) is 23.7 Å². The van der Waals surface area contributed by atoms with Crippen LogP contribution in [0.1, 0.15) is 29.1 Å². The maximum atomic E-state index is 11.9. The van der Waals surface area contributed by atoms with Crippen LogP contribution >= 0.6 is 11.3 Å². The van der Waals surface area contributed by atoms with Gasteiger partial charge in [-0.25, -0.2) is 13.2 Å². The summed E-state index contributed by atoms with van der Waals surface area (Å²) < 4.78 is 35.4. The summed E-state index contributed by atoms with van der Waals surface area (Å²) >= 11 is 1.09. The van der Waals surface area contributed by atoms with Gasteiger partial charge in [0.25, 0.3) is 0 Å². The van der Waals surface area contributed by atoms with Crippen LogP contribution in [0.2, 0.25) is 0 Å². The predicted octanol–water partition coefficient (Wildman–Crippen LogP) is 1.54. The molecule has 0 aliphatic rings. The van der Waals surface area contributed by atoms with Crippen molar-refractivity contribution in [1.29, 1.82) is 0 Å². The lowest BCUT2D eigenvalue weighted by molar-refractivity contribution is -0.139. The van der Waals surface area contributed by atoms with E-state index in [0.717, 1.165) is 16.2 Å². The number of sulfonamides is 1. The Labute approximate surface area is 127 Å². The lowest BCUT2D eigenvalue weighted by atomic mass is 10.3. The largest absolute Gasteiger partial charge is 0.465 e. The number of hydrogen-bond acceptors (Lipinski definition) is 7. The highest BCUT2D eigenvalue weighted by Crippen LogP contribution is 2.29. The normalized spacial score (nSPS) is 11.0. The third kappa shape index (κ3) is 5.35. The first-order valence-electron chi connectivity index (χ1n) is 6.22. The SMILES string of the molecule is CCOC(=O)CS(=O)(=O)Nc1sc(C)cc1C(=O)OCC. The Hall–Kier alpha value is -1.61. The van der Waals surface area contributed by atoms with Crippen molar-refractivity contribution >= 4 is 38.3 Å². The first-order valence-corrected chi connectivity index (χ1v) is 8.69. The predicted molar refractivity (Wildman–Crippen MR) is 79.1 cm³/mol. The van der Waals surface area contributed by atoms with Crippen molar-refractivity contribution in [3.05, 3.63) is 16.5 Å². The molecule has 1 N–H and O–H groups in total. The Morgan fingerprint density at radius 1 is 1.24 bits per heavy atom. The van der Waals surface area contributed by atoms with E-state index in [1.165, 1.54) is 6.07 Å². The minimum atomic E-state index is -3.94. The monoisotopic (exact) mass is 335 g/mol. The molecule has 0 radical (unpaired) electrons. The maximum Gasteiger partial charge on any atom is 0.341 e. The third-order valence-electron chi connectivity index (χ3n) is 2.21. The van der Waals surface area contributed by atoms with Gasteiger partial charge in [-0.2, -0.15) is 0 Å². The van der Waals surface area contributed by atoms with Crippen molar-refractivity contribution in [2.45, 2.75) is 20.8 Å². The van der Waals surface area contributed by atoms with Crippen LogP contribution in [0.4, 0.5) is 5.00 Å². The summed E-state index contributed by atoms with van der Waals surface area (Å²) in [6.07, 6.45) is 0. The standard InChI is InChI=1S/C12H17NO6S2/c1-4-18-10(14)7-21(16,17)13-11-9(6-8(3)20-11)12(15)19-5-2/h6,13H,4-5,7H2,1-3H3. The second kappa shape index (κ2) is 7.41. The lowest BCUT2D eigenvalue weighted by Gasteiger charge is -2.08. The van der Waals surface area contributed by atoms with E-state index >= 15 is 0 Å². The van der Waals surface area contributed by atoms with Crippen LogP contribution in [0.25, 0.3) is 0 Å². The minimum absolute atomic E-state index is 0.0978. The molecule has 118 valence electrons. The summed E-state index contributed by atoms with van der Waals surface area (Å²) in [7, 11) is -3.94. The molecule has 1 heterocycles. The zero-order valence-electron chi connectivity index (χ0n) is 12.0. The second-order valence-electron chi connectivity index (χ2n) is 3.99. The molecule has 0 aromatic carbocycles.